The molecule has 0 aliphatic rings. The third-order valence-corrected chi connectivity index (χ3v) is 2.71. The van der Waals surface area contributed by atoms with Crippen LogP contribution in [0, 0.1) is 6.92 Å². The van der Waals surface area contributed by atoms with Crippen molar-refractivity contribution in [3.63, 3.8) is 0 Å². The van der Waals surface area contributed by atoms with Gasteiger partial charge in [0, 0.05) is 10.2 Å². The summed E-state index contributed by atoms with van der Waals surface area (Å²) in [5.74, 6) is 0. The fraction of sp³-hybridized carbons (Fsp3) is 0.231. The highest BCUT2D eigenvalue weighted by molar-refractivity contribution is 14.1. The van der Waals surface area contributed by atoms with Crippen LogP contribution in [0.3, 0.4) is 0 Å². The molecule has 0 atom stereocenters. The Morgan fingerprint density at radius 3 is 2.47 bits per heavy atom. The van der Waals surface area contributed by atoms with Gasteiger partial charge in [-0.1, -0.05) is 42.5 Å². The molecule has 0 fully saturated rings. The number of aliphatic hydroxyl groups excluding tert-OH is 1. The summed E-state index contributed by atoms with van der Waals surface area (Å²) < 4.78 is 1.00. The molecule has 0 saturated heterocycles. The highest BCUT2D eigenvalue weighted by Crippen LogP contribution is 2.27. The van der Waals surface area contributed by atoms with Crippen LogP contribution in [0.25, 0.3) is 5.57 Å². The Bertz CT molecular complexity index is 363. The monoisotopic (exact) mass is 314 g/mol. The van der Waals surface area contributed by atoms with Gasteiger partial charge < -0.3 is 5.11 Å². The second-order valence-electron chi connectivity index (χ2n) is 3.40. The third-order valence-electron chi connectivity index (χ3n) is 2.13. The Hall–Kier alpha value is -0.610. The third kappa shape index (κ3) is 3.80. The lowest BCUT2D eigenvalue weighted by atomic mass is 10.0. The highest BCUT2D eigenvalue weighted by atomic mass is 127. The second kappa shape index (κ2) is 6.08. The summed E-state index contributed by atoms with van der Waals surface area (Å²) >= 11 is 2.21. The van der Waals surface area contributed by atoms with E-state index in [4.69, 9.17) is 5.11 Å². The van der Waals surface area contributed by atoms with E-state index in [2.05, 4.69) is 60.4 Å². The standard InChI is InChI=1S/C13H15IO/c1-10-5-7-12(8-6-10)13(11(2)14)4-3-9-15/h4-8,15H,2-3,9H2,1H3/b13-4+. The summed E-state index contributed by atoms with van der Waals surface area (Å²) in [5, 5.41) is 8.81. The fourth-order valence-corrected chi connectivity index (χ4v) is 1.86. The molecular formula is C13H15IO. The second-order valence-corrected chi connectivity index (χ2v) is 4.70. The maximum Gasteiger partial charge on any atom is 0.0465 e. The minimum absolute atomic E-state index is 0.180. The van der Waals surface area contributed by atoms with Crippen molar-refractivity contribution in [2.45, 2.75) is 13.3 Å². The van der Waals surface area contributed by atoms with Crippen LogP contribution in [-0.2, 0) is 0 Å². The van der Waals surface area contributed by atoms with Crippen molar-refractivity contribution in [1.82, 2.24) is 0 Å². The molecule has 2 heteroatoms. The molecule has 0 heterocycles. The van der Waals surface area contributed by atoms with E-state index >= 15 is 0 Å². The Kier molecular flexibility index (Phi) is 5.05. The first kappa shape index (κ1) is 12.5. The van der Waals surface area contributed by atoms with Crippen molar-refractivity contribution in [1.29, 1.82) is 0 Å². The first-order valence-corrected chi connectivity index (χ1v) is 5.96. The number of hydrogen-bond acceptors (Lipinski definition) is 1. The first-order chi connectivity index (χ1) is 7.15. The molecule has 0 aliphatic heterocycles. The molecule has 0 saturated carbocycles. The molecule has 1 aromatic rings. The van der Waals surface area contributed by atoms with Crippen LogP contribution >= 0.6 is 22.6 Å². The van der Waals surface area contributed by atoms with Crippen molar-refractivity contribution < 1.29 is 5.11 Å². The van der Waals surface area contributed by atoms with E-state index in [1.807, 2.05) is 6.08 Å². The van der Waals surface area contributed by atoms with Gasteiger partial charge in [-0.3, -0.25) is 0 Å². The molecule has 0 aliphatic carbocycles. The Morgan fingerprint density at radius 2 is 2.00 bits per heavy atom. The summed E-state index contributed by atoms with van der Waals surface area (Å²) in [6.45, 7) is 6.19. The average Bonchev–Trinajstić information content (AvgIpc) is 2.21. The zero-order chi connectivity index (χ0) is 11.3. The molecule has 1 aromatic carbocycles. The van der Waals surface area contributed by atoms with Gasteiger partial charge in [0.05, 0.1) is 0 Å². The molecule has 0 unspecified atom stereocenters. The van der Waals surface area contributed by atoms with E-state index in [-0.39, 0.29) is 6.61 Å². The van der Waals surface area contributed by atoms with Gasteiger partial charge in [-0.15, -0.1) is 0 Å². The van der Waals surface area contributed by atoms with Crippen LogP contribution in [0.1, 0.15) is 17.5 Å². The molecule has 0 bridgehead atoms. The topological polar surface area (TPSA) is 20.2 Å². The molecule has 0 radical (unpaired) electrons. The lowest BCUT2D eigenvalue weighted by Crippen LogP contribution is -1.86. The van der Waals surface area contributed by atoms with Crippen molar-refractivity contribution in [2.75, 3.05) is 6.61 Å². The van der Waals surface area contributed by atoms with Crippen molar-refractivity contribution in [3.8, 4) is 0 Å². The number of rotatable bonds is 4. The number of benzene rings is 1. The van der Waals surface area contributed by atoms with Crippen LogP contribution in [0.2, 0.25) is 0 Å². The van der Waals surface area contributed by atoms with Gasteiger partial charge >= 0.3 is 0 Å². The molecule has 80 valence electrons. The fourth-order valence-electron chi connectivity index (χ4n) is 1.33. The van der Waals surface area contributed by atoms with Crippen LogP contribution in [0.5, 0.6) is 0 Å². The molecule has 0 spiro atoms. The normalized spacial score (nSPS) is 11.5. The lowest BCUT2D eigenvalue weighted by molar-refractivity contribution is 0.303. The van der Waals surface area contributed by atoms with Gasteiger partial charge in [0.1, 0.15) is 0 Å². The zero-order valence-corrected chi connectivity index (χ0v) is 11.0. The maximum absolute atomic E-state index is 8.81. The highest BCUT2D eigenvalue weighted by Gasteiger charge is 2.02. The van der Waals surface area contributed by atoms with E-state index in [1.54, 1.807) is 0 Å². The van der Waals surface area contributed by atoms with Crippen molar-refractivity contribution in [3.05, 3.63) is 51.6 Å². The molecule has 0 amide bonds. The summed E-state index contributed by atoms with van der Waals surface area (Å²) in [6.07, 6.45) is 2.70. The van der Waals surface area contributed by atoms with Gasteiger partial charge in [-0.25, -0.2) is 0 Å². The maximum atomic E-state index is 8.81. The smallest absolute Gasteiger partial charge is 0.0465 e. The molecular weight excluding hydrogens is 299 g/mol. The van der Waals surface area contributed by atoms with Gasteiger partial charge in [0.2, 0.25) is 0 Å². The minimum Gasteiger partial charge on any atom is -0.396 e. The Labute approximate surface area is 105 Å². The minimum atomic E-state index is 0.180. The molecule has 1 rings (SSSR count). The average molecular weight is 314 g/mol. The molecule has 1 N–H and O–H groups in total. The van der Waals surface area contributed by atoms with Crippen molar-refractivity contribution >= 4 is 28.2 Å². The van der Waals surface area contributed by atoms with Crippen LogP contribution in [-0.4, -0.2) is 11.7 Å². The van der Waals surface area contributed by atoms with E-state index in [9.17, 15) is 0 Å². The van der Waals surface area contributed by atoms with Gasteiger partial charge in [0.15, 0.2) is 0 Å². The lowest BCUT2D eigenvalue weighted by Gasteiger charge is -2.06. The number of aliphatic hydroxyl groups is 1. The van der Waals surface area contributed by atoms with E-state index in [1.165, 1.54) is 5.56 Å². The number of hydrogen-bond donors (Lipinski definition) is 1. The molecule has 0 aromatic heterocycles. The summed E-state index contributed by atoms with van der Waals surface area (Å²) in [6, 6.07) is 8.34. The predicted octanol–water partition coefficient (Wildman–Crippen LogP) is 3.71. The Morgan fingerprint density at radius 1 is 1.40 bits per heavy atom. The SMILES string of the molecule is C=C(I)/C(=C\CCO)c1ccc(C)cc1. The van der Waals surface area contributed by atoms with Crippen molar-refractivity contribution in [2.24, 2.45) is 0 Å². The van der Waals surface area contributed by atoms with Gasteiger partial charge in [-0.05, 0) is 47.1 Å². The van der Waals surface area contributed by atoms with Crippen LogP contribution in [0.15, 0.2) is 40.5 Å². The quantitative estimate of drug-likeness (QED) is 0.663. The van der Waals surface area contributed by atoms with E-state index in [0.717, 1.165) is 14.7 Å². The zero-order valence-electron chi connectivity index (χ0n) is 8.83. The Balaban J connectivity index is 2.99. The van der Waals surface area contributed by atoms with Crippen LogP contribution in [0.4, 0.5) is 0 Å². The summed E-state index contributed by atoms with van der Waals surface area (Å²) in [7, 11) is 0. The summed E-state index contributed by atoms with van der Waals surface area (Å²) in [5.41, 5.74) is 3.53. The number of halogens is 1. The van der Waals surface area contributed by atoms with E-state index in [0.29, 0.717) is 6.42 Å². The number of allylic oxidation sites excluding steroid dienone is 2. The predicted molar refractivity (Wildman–Crippen MR) is 74.0 cm³/mol. The van der Waals surface area contributed by atoms with Crippen LogP contribution < -0.4 is 0 Å². The van der Waals surface area contributed by atoms with E-state index < -0.39 is 0 Å². The van der Waals surface area contributed by atoms with Gasteiger partial charge in [-0.2, -0.15) is 0 Å². The largest absolute Gasteiger partial charge is 0.396 e. The molecule has 1 nitrogen and oxygen atoms in total. The molecule has 15 heavy (non-hydrogen) atoms. The number of aryl methyl sites for hydroxylation is 1. The van der Waals surface area contributed by atoms with Gasteiger partial charge in [0.25, 0.3) is 0 Å². The first-order valence-electron chi connectivity index (χ1n) is 4.88. The summed E-state index contributed by atoms with van der Waals surface area (Å²) in [4.78, 5) is 0.